The molecule has 3 amide bonds. The number of hydrogen-bond donors (Lipinski definition) is 1. The molecule has 0 radical (unpaired) electrons. The Hall–Kier alpha value is -2.96. The van der Waals surface area contributed by atoms with Crippen LogP contribution in [0.1, 0.15) is 35.7 Å². The molecular formula is C19H22N2O5. The molecule has 1 N–H and O–H groups in total. The maximum Gasteiger partial charge on any atom is 0.254 e. The molecule has 0 fully saturated rings. The first kappa shape index (κ1) is 19.4. The van der Waals surface area contributed by atoms with Gasteiger partial charge in [-0.25, -0.2) is 0 Å². The van der Waals surface area contributed by atoms with Crippen LogP contribution in [0.5, 0.6) is 5.75 Å². The molecule has 1 atom stereocenters. The number of hydrogen-bond acceptors (Lipinski definition) is 5. The van der Waals surface area contributed by atoms with Crippen LogP contribution in [0.2, 0.25) is 0 Å². The third-order valence-electron chi connectivity index (χ3n) is 4.05. The van der Waals surface area contributed by atoms with Gasteiger partial charge in [-0.3, -0.25) is 24.1 Å². The van der Waals surface area contributed by atoms with Gasteiger partial charge in [-0.05, 0) is 25.0 Å². The summed E-state index contributed by atoms with van der Waals surface area (Å²) in [6.45, 7) is 3.73. The van der Waals surface area contributed by atoms with Crippen molar-refractivity contribution in [2.24, 2.45) is 0 Å². The Bertz CT molecular complexity index is 723. The molecule has 1 heterocycles. The van der Waals surface area contributed by atoms with Crippen molar-refractivity contribution in [2.75, 3.05) is 13.2 Å². The van der Waals surface area contributed by atoms with Gasteiger partial charge in [0.1, 0.15) is 12.4 Å². The second-order valence-electron chi connectivity index (χ2n) is 6.00. The minimum Gasteiger partial charge on any atom is -0.491 e. The summed E-state index contributed by atoms with van der Waals surface area (Å²) in [5.74, 6) is -0.688. The van der Waals surface area contributed by atoms with Gasteiger partial charge >= 0.3 is 0 Å². The lowest BCUT2D eigenvalue weighted by Crippen LogP contribution is -2.50. The van der Waals surface area contributed by atoms with Crippen molar-refractivity contribution in [2.45, 2.75) is 32.7 Å². The van der Waals surface area contributed by atoms with Crippen molar-refractivity contribution < 1.29 is 23.9 Å². The van der Waals surface area contributed by atoms with E-state index in [0.717, 1.165) is 10.5 Å². The van der Waals surface area contributed by atoms with Crippen molar-refractivity contribution in [1.82, 2.24) is 10.2 Å². The average molecular weight is 358 g/mol. The summed E-state index contributed by atoms with van der Waals surface area (Å²) in [6.07, 6.45) is 4.14. The van der Waals surface area contributed by atoms with E-state index in [1.165, 1.54) is 12.2 Å². The predicted molar refractivity (Wildman–Crippen MR) is 94.8 cm³/mol. The summed E-state index contributed by atoms with van der Waals surface area (Å²) >= 11 is 0. The number of aldehydes is 1. The number of imide groups is 1. The van der Waals surface area contributed by atoms with E-state index < -0.39 is 17.9 Å². The molecule has 1 aromatic carbocycles. The van der Waals surface area contributed by atoms with Crippen LogP contribution in [-0.4, -0.2) is 48.1 Å². The highest BCUT2D eigenvalue weighted by molar-refractivity contribution is 6.13. The molecule has 0 aromatic heterocycles. The highest BCUT2D eigenvalue weighted by Gasteiger charge is 2.32. The topological polar surface area (TPSA) is 92.8 Å². The van der Waals surface area contributed by atoms with Crippen LogP contribution in [0.25, 0.3) is 0 Å². The van der Waals surface area contributed by atoms with E-state index in [0.29, 0.717) is 30.4 Å². The molecule has 1 aliphatic rings. The predicted octanol–water partition coefficient (Wildman–Crippen LogP) is 1.40. The second kappa shape index (κ2) is 8.94. The lowest BCUT2D eigenvalue weighted by atomic mass is 10.1. The van der Waals surface area contributed by atoms with Crippen LogP contribution >= 0.6 is 0 Å². The van der Waals surface area contributed by atoms with Crippen molar-refractivity contribution in [3.8, 4) is 5.75 Å². The molecule has 2 rings (SSSR count). The zero-order valence-corrected chi connectivity index (χ0v) is 14.9. The Kier molecular flexibility index (Phi) is 6.66. The number of nitrogens with zero attached hydrogens (tertiary/aromatic N) is 1. The third kappa shape index (κ3) is 4.56. The van der Waals surface area contributed by atoms with Crippen molar-refractivity contribution in [3.63, 3.8) is 0 Å². The summed E-state index contributed by atoms with van der Waals surface area (Å²) in [6, 6.07) is 4.51. The van der Waals surface area contributed by atoms with Gasteiger partial charge in [-0.15, -0.1) is 0 Å². The van der Waals surface area contributed by atoms with Gasteiger partial charge in [-0.2, -0.15) is 0 Å². The lowest BCUT2D eigenvalue weighted by Gasteiger charge is -2.26. The van der Waals surface area contributed by atoms with Crippen molar-refractivity contribution in [3.05, 3.63) is 41.5 Å². The number of nitrogens with one attached hydrogen (secondary N) is 1. The molecule has 7 heteroatoms. The maximum absolute atomic E-state index is 12.0. The first-order valence-electron chi connectivity index (χ1n) is 8.47. The quantitative estimate of drug-likeness (QED) is 0.532. The van der Waals surface area contributed by atoms with Crippen LogP contribution in [0.4, 0.5) is 0 Å². The maximum atomic E-state index is 12.0. The molecule has 1 aromatic rings. The number of aryl methyl sites for hydroxylation is 1. The molecule has 7 nitrogen and oxygen atoms in total. The molecule has 1 aliphatic heterocycles. The monoisotopic (exact) mass is 358 g/mol. The zero-order chi connectivity index (χ0) is 19.1. The normalized spacial score (nSPS) is 14.5. The Morgan fingerprint density at radius 2 is 1.96 bits per heavy atom. The number of ether oxygens (including phenoxy) is 1. The fraction of sp³-hybridized carbons (Fsp3) is 0.368. The van der Waals surface area contributed by atoms with E-state index in [4.69, 9.17) is 4.74 Å². The fourth-order valence-corrected chi connectivity index (χ4v) is 2.66. The first-order chi connectivity index (χ1) is 12.5. The Labute approximate surface area is 152 Å². The molecule has 26 heavy (non-hydrogen) atoms. The zero-order valence-electron chi connectivity index (χ0n) is 14.9. The highest BCUT2D eigenvalue weighted by atomic mass is 16.5. The van der Waals surface area contributed by atoms with Gasteiger partial charge in [0.25, 0.3) is 11.8 Å². The Morgan fingerprint density at radius 1 is 1.27 bits per heavy atom. The average Bonchev–Trinajstić information content (AvgIpc) is 2.94. The number of amides is 3. The van der Waals surface area contributed by atoms with E-state index in [1.54, 1.807) is 25.1 Å². The van der Waals surface area contributed by atoms with E-state index in [9.17, 15) is 19.2 Å². The fourth-order valence-electron chi connectivity index (χ4n) is 2.66. The van der Waals surface area contributed by atoms with Crippen LogP contribution in [0, 0.1) is 6.92 Å². The van der Waals surface area contributed by atoms with Gasteiger partial charge in [0.2, 0.25) is 5.91 Å². The second-order valence-corrected chi connectivity index (χ2v) is 6.00. The van der Waals surface area contributed by atoms with Gasteiger partial charge in [0.15, 0.2) is 6.29 Å². The van der Waals surface area contributed by atoms with E-state index >= 15 is 0 Å². The van der Waals surface area contributed by atoms with Crippen LogP contribution in [-0.2, 0) is 14.4 Å². The standard InChI is InChI=1S/C19H22N2O5/c1-3-5-17(23)20-10-14(21-18(24)8-9-19(21)25)12-26-16-7-4-6-13(2)15(16)11-22/h4,6-9,11,14H,3,5,10,12H2,1-2H3,(H,20,23). The van der Waals surface area contributed by atoms with Gasteiger partial charge in [0, 0.05) is 25.1 Å². The summed E-state index contributed by atoms with van der Waals surface area (Å²) in [5.41, 5.74) is 1.18. The number of rotatable bonds is 9. The summed E-state index contributed by atoms with van der Waals surface area (Å²) in [4.78, 5) is 48.0. The van der Waals surface area contributed by atoms with Crippen molar-refractivity contribution >= 4 is 24.0 Å². The van der Waals surface area contributed by atoms with E-state index in [-0.39, 0.29) is 19.1 Å². The molecular weight excluding hydrogens is 336 g/mol. The summed E-state index contributed by atoms with van der Waals surface area (Å²) in [5, 5.41) is 2.72. The Morgan fingerprint density at radius 3 is 2.58 bits per heavy atom. The molecule has 138 valence electrons. The number of benzene rings is 1. The summed E-state index contributed by atoms with van der Waals surface area (Å²) in [7, 11) is 0. The van der Waals surface area contributed by atoms with Crippen LogP contribution < -0.4 is 10.1 Å². The molecule has 0 saturated heterocycles. The first-order valence-corrected chi connectivity index (χ1v) is 8.47. The minimum absolute atomic E-state index is 0.0319. The minimum atomic E-state index is -0.675. The third-order valence-corrected chi connectivity index (χ3v) is 4.05. The van der Waals surface area contributed by atoms with Crippen LogP contribution in [0.15, 0.2) is 30.4 Å². The van der Waals surface area contributed by atoms with Crippen LogP contribution in [0.3, 0.4) is 0 Å². The summed E-state index contributed by atoms with van der Waals surface area (Å²) < 4.78 is 5.72. The Balaban J connectivity index is 2.12. The SMILES string of the molecule is CCCC(=O)NCC(COc1cccc(C)c1C=O)N1C(=O)C=CC1=O. The van der Waals surface area contributed by atoms with Gasteiger partial charge < -0.3 is 10.1 Å². The van der Waals surface area contributed by atoms with Gasteiger partial charge in [-0.1, -0.05) is 19.1 Å². The largest absolute Gasteiger partial charge is 0.491 e. The molecule has 0 spiro atoms. The smallest absolute Gasteiger partial charge is 0.254 e. The molecule has 0 saturated carbocycles. The lowest BCUT2D eigenvalue weighted by molar-refractivity contribution is -0.140. The molecule has 0 bridgehead atoms. The number of carbonyl (C=O) groups excluding carboxylic acids is 4. The molecule has 1 unspecified atom stereocenters. The van der Waals surface area contributed by atoms with E-state index in [1.807, 2.05) is 6.92 Å². The molecule has 0 aliphatic carbocycles. The van der Waals surface area contributed by atoms with Gasteiger partial charge in [0.05, 0.1) is 11.6 Å². The number of carbonyl (C=O) groups is 4. The van der Waals surface area contributed by atoms with Crippen molar-refractivity contribution in [1.29, 1.82) is 0 Å². The highest BCUT2D eigenvalue weighted by Crippen LogP contribution is 2.21. The van der Waals surface area contributed by atoms with E-state index in [2.05, 4.69) is 5.32 Å².